The first-order valence-corrected chi connectivity index (χ1v) is 7.66. The highest BCUT2D eigenvalue weighted by atomic mass is 32.2. The highest BCUT2D eigenvalue weighted by Gasteiger charge is 2.29. The standard InChI is InChI=1S/C10H19NO5S/c1-17(14,15)6-9(12)7-2-4-8(5-3-7)16-10(11)13/h7-9,12H,2-6H2,1H3,(H2,11,13)/t7-,8-,9?. The second kappa shape index (κ2) is 5.68. The molecule has 1 rings (SSSR count). The highest BCUT2D eigenvalue weighted by molar-refractivity contribution is 7.90. The van der Waals surface area contributed by atoms with Gasteiger partial charge in [0.15, 0.2) is 0 Å². The molecule has 1 saturated carbocycles. The zero-order valence-electron chi connectivity index (χ0n) is 9.83. The molecule has 1 unspecified atom stereocenters. The van der Waals surface area contributed by atoms with E-state index in [1.807, 2.05) is 0 Å². The molecule has 1 fully saturated rings. The Bertz CT molecular complexity index is 359. The van der Waals surface area contributed by atoms with Crippen LogP contribution in [0.25, 0.3) is 0 Å². The molecule has 17 heavy (non-hydrogen) atoms. The first-order chi connectivity index (χ1) is 7.78. The molecule has 0 aromatic heterocycles. The molecule has 0 spiro atoms. The van der Waals surface area contributed by atoms with Crippen molar-refractivity contribution in [2.45, 2.75) is 37.9 Å². The predicted molar refractivity (Wildman–Crippen MR) is 62.1 cm³/mol. The number of amides is 1. The molecule has 1 amide bonds. The number of primary amides is 1. The van der Waals surface area contributed by atoms with Crippen LogP contribution in [0.4, 0.5) is 4.79 Å². The number of aliphatic hydroxyl groups excluding tert-OH is 1. The maximum atomic E-state index is 11.0. The third-order valence-electron chi connectivity index (χ3n) is 3.02. The van der Waals surface area contributed by atoms with Crippen LogP contribution in [0.3, 0.4) is 0 Å². The lowest BCUT2D eigenvalue weighted by Gasteiger charge is -2.30. The van der Waals surface area contributed by atoms with Crippen LogP contribution in [0.15, 0.2) is 0 Å². The molecule has 3 N–H and O–H groups in total. The fraction of sp³-hybridized carbons (Fsp3) is 0.900. The van der Waals surface area contributed by atoms with Gasteiger partial charge in [0.25, 0.3) is 0 Å². The number of carbonyl (C=O) groups is 1. The smallest absolute Gasteiger partial charge is 0.404 e. The molecule has 1 aliphatic carbocycles. The molecule has 1 atom stereocenters. The number of hydrogen-bond acceptors (Lipinski definition) is 5. The minimum absolute atomic E-state index is 0.0440. The first kappa shape index (κ1) is 14.2. The Labute approximate surface area is 101 Å². The number of aliphatic hydroxyl groups is 1. The summed E-state index contributed by atoms with van der Waals surface area (Å²) < 4.78 is 27.0. The number of sulfone groups is 1. The zero-order valence-corrected chi connectivity index (χ0v) is 10.6. The van der Waals surface area contributed by atoms with E-state index >= 15 is 0 Å². The molecule has 0 bridgehead atoms. The SMILES string of the molecule is CS(=O)(=O)CC(O)[C@H]1CC[C@H](OC(N)=O)CC1. The fourth-order valence-electron chi connectivity index (χ4n) is 2.20. The zero-order chi connectivity index (χ0) is 13.1. The number of rotatable bonds is 4. The van der Waals surface area contributed by atoms with Crippen LogP contribution in [0.5, 0.6) is 0 Å². The number of carbonyl (C=O) groups excluding carboxylic acids is 1. The largest absolute Gasteiger partial charge is 0.446 e. The summed E-state index contributed by atoms with van der Waals surface area (Å²) in [5.74, 6) is -0.253. The highest BCUT2D eigenvalue weighted by Crippen LogP contribution is 2.29. The lowest BCUT2D eigenvalue weighted by Crippen LogP contribution is -2.34. The third kappa shape index (κ3) is 5.36. The van der Waals surface area contributed by atoms with Gasteiger partial charge in [0.1, 0.15) is 15.9 Å². The van der Waals surface area contributed by atoms with Gasteiger partial charge in [-0.25, -0.2) is 13.2 Å². The second-order valence-corrected chi connectivity index (χ2v) is 6.82. The van der Waals surface area contributed by atoms with Crippen LogP contribution in [-0.2, 0) is 14.6 Å². The topological polar surface area (TPSA) is 107 Å². The number of hydrogen-bond donors (Lipinski definition) is 2. The van der Waals surface area contributed by atoms with Crippen LogP contribution >= 0.6 is 0 Å². The van der Waals surface area contributed by atoms with Crippen LogP contribution in [0, 0.1) is 5.92 Å². The Morgan fingerprint density at radius 2 is 1.94 bits per heavy atom. The van der Waals surface area contributed by atoms with E-state index in [2.05, 4.69) is 0 Å². The van der Waals surface area contributed by atoms with Crippen LogP contribution in [0.1, 0.15) is 25.7 Å². The number of nitrogens with two attached hydrogens (primary N) is 1. The van der Waals surface area contributed by atoms with E-state index in [4.69, 9.17) is 10.5 Å². The summed E-state index contributed by atoms with van der Waals surface area (Å²) in [6.07, 6.45) is 1.82. The van der Waals surface area contributed by atoms with Gasteiger partial charge in [0.2, 0.25) is 0 Å². The molecular formula is C10H19NO5S. The average Bonchev–Trinajstić information content (AvgIpc) is 2.15. The van der Waals surface area contributed by atoms with Crippen LogP contribution in [-0.4, -0.2) is 43.8 Å². The van der Waals surface area contributed by atoms with E-state index in [1.165, 1.54) is 0 Å². The summed E-state index contributed by atoms with van der Waals surface area (Å²) in [5, 5.41) is 9.77. The first-order valence-electron chi connectivity index (χ1n) is 5.60. The second-order valence-electron chi connectivity index (χ2n) is 4.63. The monoisotopic (exact) mass is 265 g/mol. The molecule has 7 heteroatoms. The summed E-state index contributed by atoms with van der Waals surface area (Å²) >= 11 is 0. The van der Waals surface area contributed by atoms with Crippen molar-refractivity contribution in [3.05, 3.63) is 0 Å². The molecule has 0 heterocycles. The summed E-state index contributed by atoms with van der Waals surface area (Å²) in [7, 11) is -3.16. The summed E-state index contributed by atoms with van der Waals surface area (Å²) in [6, 6.07) is 0. The Hall–Kier alpha value is -0.820. The van der Waals surface area contributed by atoms with Crippen molar-refractivity contribution in [1.82, 2.24) is 0 Å². The molecular weight excluding hydrogens is 246 g/mol. The molecule has 0 saturated heterocycles. The van der Waals surface area contributed by atoms with Crippen molar-refractivity contribution >= 4 is 15.9 Å². The molecule has 0 radical (unpaired) electrons. The quantitative estimate of drug-likeness (QED) is 0.746. The molecule has 0 aromatic rings. The normalized spacial score (nSPS) is 27.4. The molecule has 6 nitrogen and oxygen atoms in total. The lowest BCUT2D eigenvalue weighted by atomic mass is 9.84. The van der Waals surface area contributed by atoms with Crippen molar-refractivity contribution in [3.63, 3.8) is 0 Å². The number of ether oxygens (including phenoxy) is 1. The van der Waals surface area contributed by atoms with Crippen molar-refractivity contribution in [2.75, 3.05) is 12.0 Å². The van der Waals surface area contributed by atoms with Gasteiger partial charge < -0.3 is 15.6 Å². The summed E-state index contributed by atoms with van der Waals surface area (Å²) in [5.41, 5.74) is 4.91. The van der Waals surface area contributed by atoms with Crippen LogP contribution < -0.4 is 5.73 Å². The Morgan fingerprint density at radius 3 is 2.35 bits per heavy atom. The fourth-order valence-corrected chi connectivity index (χ4v) is 3.09. The van der Waals surface area contributed by atoms with E-state index in [0.29, 0.717) is 25.7 Å². The van der Waals surface area contributed by atoms with Crippen molar-refractivity contribution < 1.29 is 23.1 Å². The van der Waals surface area contributed by atoms with Gasteiger partial charge in [0.05, 0.1) is 11.9 Å². The molecule has 1 aliphatic rings. The molecule has 100 valence electrons. The van der Waals surface area contributed by atoms with Crippen LogP contribution in [0.2, 0.25) is 0 Å². The van der Waals surface area contributed by atoms with Gasteiger partial charge >= 0.3 is 6.09 Å². The van der Waals surface area contributed by atoms with Crippen molar-refractivity contribution in [1.29, 1.82) is 0 Å². The van der Waals surface area contributed by atoms with Crippen molar-refractivity contribution in [3.8, 4) is 0 Å². The van der Waals surface area contributed by atoms with Crippen molar-refractivity contribution in [2.24, 2.45) is 11.7 Å². The molecule has 0 aromatic carbocycles. The minimum Gasteiger partial charge on any atom is -0.446 e. The molecule has 0 aliphatic heterocycles. The minimum atomic E-state index is -3.16. The van der Waals surface area contributed by atoms with E-state index in [0.717, 1.165) is 6.26 Å². The maximum Gasteiger partial charge on any atom is 0.404 e. The Balaban J connectivity index is 2.38. The predicted octanol–water partition coefficient (Wildman–Crippen LogP) is 0.0460. The average molecular weight is 265 g/mol. The Kier molecular flexibility index (Phi) is 4.76. The third-order valence-corrected chi connectivity index (χ3v) is 3.97. The van der Waals surface area contributed by atoms with Gasteiger partial charge in [-0.05, 0) is 31.6 Å². The van der Waals surface area contributed by atoms with E-state index < -0.39 is 22.0 Å². The Morgan fingerprint density at radius 1 is 1.41 bits per heavy atom. The lowest BCUT2D eigenvalue weighted by molar-refractivity contribution is 0.0390. The van der Waals surface area contributed by atoms with Gasteiger partial charge in [-0.1, -0.05) is 0 Å². The van der Waals surface area contributed by atoms with Gasteiger partial charge in [-0.3, -0.25) is 0 Å². The van der Waals surface area contributed by atoms with Gasteiger partial charge in [0, 0.05) is 6.26 Å². The van der Waals surface area contributed by atoms with Gasteiger partial charge in [-0.2, -0.15) is 0 Å². The van der Waals surface area contributed by atoms with E-state index in [-0.39, 0.29) is 17.8 Å². The maximum absolute atomic E-state index is 11.0. The van der Waals surface area contributed by atoms with E-state index in [1.54, 1.807) is 0 Å². The summed E-state index contributed by atoms with van der Waals surface area (Å²) in [6.45, 7) is 0. The van der Waals surface area contributed by atoms with Gasteiger partial charge in [-0.15, -0.1) is 0 Å². The van der Waals surface area contributed by atoms with E-state index in [9.17, 15) is 18.3 Å². The summed E-state index contributed by atoms with van der Waals surface area (Å²) in [4.78, 5) is 10.5.